The zero-order valence-corrected chi connectivity index (χ0v) is 25.1. The summed E-state index contributed by atoms with van der Waals surface area (Å²) in [4.78, 5) is 23.0. The van der Waals surface area contributed by atoms with Gasteiger partial charge in [-0.2, -0.15) is 13.2 Å². The number of anilines is 3. The molecule has 15 heteroatoms. The average Bonchev–Trinajstić information content (AvgIpc) is 3.44. The van der Waals surface area contributed by atoms with E-state index in [0.717, 1.165) is 54.6 Å². The van der Waals surface area contributed by atoms with Gasteiger partial charge in [0.25, 0.3) is 0 Å². The first-order valence-corrected chi connectivity index (χ1v) is 13.9. The molecule has 0 atom stereocenters. The molecule has 6 rings (SSSR count). The van der Waals surface area contributed by atoms with E-state index in [1.165, 1.54) is 36.5 Å². The number of nitrogens with one attached hydrogen (secondary N) is 1. The normalized spacial score (nSPS) is 15.1. The van der Waals surface area contributed by atoms with Crippen molar-refractivity contribution in [3.8, 4) is 0 Å². The number of aromatic nitrogens is 4. The molecule has 42 heavy (non-hydrogen) atoms. The predicted molar refractivity (Wildman–Crippen MR) is 164 cm³/mol. The van der Waals surface area contributed by atoms with Crippen LogP contribution < -0.4 is 10.6 Å². The number of nitrogens with two attached hydrogens (primary N) is 1. The third-order valence-electron chi connectivity index (χ3n) is 6.94. The van der Waals surface area contributed by atoms with E-state index in [0.29, 0.717) is 35.8 Å². The Bertz CT molecular complexity index is 1440. The number of H-pyrrole nitrogens is 1. The molecule has 0 spiro atoms. The third kappa shape index (κ3) is 7.97. The maximum absolute atomic E-state index is 13.3. The van der Waals surface area contributed by atoms with Gasteiger partial charge in [-0.1, -0.05) is 23.9 Å². The smallest absolute Gasteiger partial charge is 0.395 e. The standard InChI is InChI=1S/C22H26F3N3OS.C5H5N5.2ClH/c23-22(24,25)17-6-7-21-19(16-17)28(18-4-1-2-5-20(18)30-21)9-3-8-26-10-12-27(13-11-26)14-15-29;6-4-3-5(9-1-7-3)10-2-8-4;;/h1-2,4-7,16,29H,3,8-15H2;1-2H,(H3,6,7,8,9,10);2*1H. The molecular weight excluding hydrogens is 612 g/mol. The summed E-state index contributed by atoms with van der Waals surface area (Å²) in [5.41, 5.74) is 7.79. The second kappa shape index (κ2) is 15.1. The molecule has 4 heterocycles. The fourth-order valence-electron chi connectivity index (χ4n) is 4.86. The average molecular weight is 646 g/mol. The monoisotopic (exact) mass is 644 g/mol. The molecule has 1 saturated heterocycles. The van der Waals surface area contributed by atoms with Crippen molar-refractivity contribution in [3.05, 3.63) is 60.7 Å². The first kappa shape index (κ1) is 33.7. The van der Waals surface area contributed by atoms with Gasteiger partial charge in [-0.3, -0.25) is 4.90 Å². The molecule has 2 aliphatic heterocycles. The maximum Gasteiger partial charge on any atom is 0.416 e. The fourth-order valence-corrected chi connectivity index (χ4v) is 5.94. The van der Waals surface area contributed by atoms with Gasteiger partial charge < -0.3 is 25.6 Å². The molecule has 0 unspecified atom stereocenters. The van der Waals surface area contributed by atoms with Gasteiger partial charge >= 0.3 is 6.18 Å². The van der Waals surface area contributed by atoms with E-state index in [9.17, 15) is 13.2 Å². The second-order valence-corrected chi connectivity index (χ2v) is 10.6. The van der Waals surface area contributed by atoms with E-state index in [1.54, 1.807) is 6.07 Å². The zero-order chi connectivity index (χ0) is 28.1. The molecule has 2 aromatic carbocycles. The van der Waals surface area contributed by atoms with Crippen LogP contribution in [-0.4, -0.2) is 87.3 Å². The topological polar surface area (TPSA) is 110 Å². The van der Waals surface area contributed by atoms with Crippen molar-refractivity contribution >= 4 is 64.9 Å². The van der Waals surface area contributed by atoms with Crippen molar-refractivity contribution in [2.45, 2.75) is 22.4 Å². The quantitative estimate of drug-likeness (QED) is 0.264. The molecular formula is C27H33Cl2F3N8OS. The van der Waals surface area contributed by atoms with Crippen molar-refractivity contribution in [2.24, 2.45) is 0 Å². The Hall–Kier alpha value is -2.81. The van der Waals surface area contributed by atoms with Crippen LogP contribution in [-0.2, 0) is 6.18 Å². The van der Waals surface area contributed by atoms with Crippen molar-refractivity contribution in [3.63, 3.8) is 0 Å². The predicted octanol–water partition coefficient (Wildman–Crippen LogP) is 5.09. The highest BCUT2D eigenvalue weighted by atomic mass is 35.5. The number of hydrogen-bond acceptors (Lipinski definition) is 9. The Kier molecular flexibility index (Phi) is 12.1. The van der Waals surface area contributed by atoms with Crippen LogP contribution in [0.4, 0.5) is 30.4 Å². The molecule has 4 aromatic rings. The van der Waals surface area contributed by atoms with Crippen molar-refractivity contribution in [1.29, 1.82) is 0 Å². The lowest BCUT2D eigenvalue weighted by Gasteiger charge is -2.36. The van der Waals surface area contributed by atoms with Crippen LogP contribution in [0.25, 0.3) is 11.2 Å². The first-order chi connectivity index (χ1) is 19.3. The van der Waals surface area contributed by atoms with E-state index < -0.39 is 11.7 Å². The number of nitrogen functional groups attached to an aromatic ring is 1. The van der Waals surface area contributed by atoms with Crippen LogP contribution >= 0.6 is 36.6 Å². The van der Waals surface area contributed by atoms with Crippen molar-refractivity contribution in [1.82, 2.24) is 29.7 Å². The number of β-amino-alcohol motifs (C(OH)–C–C–N with tert-alkyl or cyclic N) is 1. The van der Waals surface area contributed by atoms with Gasteiger partial charge in [-0.15, -0.1) is 24.8 Å². The largest absolute Gasteiger partial charge is 0.416 e. The molecule has 0 amide bonds. The summed E-state index contributed by atoms with van der Waals surface area (Å²) in [6.07, 6.45) is -0.556. The van der Waals surface area contributed by atoms with Crippen LogP contribution in [0.15, 0.2) is 64.9 Å². The van der Waals surface area contributed by atoms with E-state index in [-0.39, 0.29) is 31.4 Å². The molecule has 1 fully saturated rings. The molecule has 4 N–H and O–H groups in total. The lowest BCUT2D eigenvalue weighted by molar-refractivity contribution is -0.137. The molecule has 2 aromatic heterocycles. The SMILES string of the molecule is Cl.Cl.Nc1ncnc2nc[nH]c12.OCCN1CCN(CCCN2c3ccccc3Sc3ccc(C(F)(F)F)cc32)CC1. The summed E-state index contributed by atoms with van der Waals surface area (Å²) in [5, 5.41) is 9.07. The maximum atomic E-state index is 13.3. The number of imidazole rings is 1. The number of aliphatic hydroxyl groups excluding tert-OH is 1. The van der Waals surface area contributed by atoms with Crippen LogP contribution in [0, 0.1) is 0 Å². The van der Waals surface area contributed by atoms with Crippen LogP contribution in [0.2, 0.25) is 0 Å². The summed E-state index contributed by atoms with van der Waals surface area (Å²) in [6.45, 7) is 6.29. The Morgan fingerprint density at radius 2 is 1.57 bits per heavy atom. The van der Waals surface area contributed by atoms with Gasteiger partial charge in [0, 0.05) is 49.1 Å². The number of hydrogen-bond donors (Lipinski definition) is 3. The van der Waals surface area contributed by atoms with E-state index >= 15 is 0 Å². The number of rotatable bonds is 6. The molecule has 228 valence electrons. The summed E-state index contributed by atoms with van der Waals surface area (Å²) in [6, 6.07) is 11.9. The number of piperazine rings is 1. The van der Waals surface area contributed by atoms with Crippen molar-refractivity contribution < 1.29 is 18.3 Å². The highest BCUT2D eigenvalue weighted by Gasteiger charge is 2.33. The third-order valence-corrected chi connectivity index (χ3v) is 8.07. The summed E-state index contributed by atoms with van der Waals surface area (Å²) in [7, 11) is 0. The van der Waals surface area contributed by atoms with Crippen LogP contribution in [0.3, 0.4) is 0 Å². The van der Waals surface area contributed by atoms with Gasteiger partial charge in [0.2, 0.25) is 0 Å². The van der Waals surface area contributed by atoms with E-state index in [4.69, 9.17) is 10.8 Å². The minimum absolute atomic E-state index is 0. The Morgan fingerprint density at radius 1 is 0.881 bits per heavy atom. The number of benzene rings is 2. The van der Waals surface area contributed by atoms with Gasteiger partial charge in [0.05, 0.1) is 29.9 Å². The Labute approximate surface area is 258 Å². The summed E-state index contributed by atoms with van der Waals surface area (Å²) in [5.74, 6) is 0.433. The molecule has 0 radical (unpaired) electrons. The number of aromatic amines is 1. The lowest BCUT2D eigenvalue weighted by atomic mass is 10.1. The highest BCUT2D eigenvalue weighted by molar-refractivity contribution is 7.99. The Balaban J connectivity index is 0.000000340. The van der Waals surface area contributed by atoms with Gasteiger partial charge in [0.1, 0.15) is 11.8 Å². The van der Waals surface area contributed by atoms with Crippen LogP contribution in [0.5, 0.6) is 0 Å². The molecule has 0 saturated carbocycles. The van der Waals surface area contributed by atoms with Crippen LogP contribution in [0.1, 0.15) is 12.0 Å². The summed E-state index contributed by atoms with van der Waals surface area (Å²) >= 11 is 1.53. The minimum atomic E-state index is -4.35. The lowest BCUT2D eigenvalue weighted by Crippen LogP contribution is -2.47. The minimum Gasteiger partial charge on any atom is -0.395 e. The number of halogens is 5. The molecule has 2 aliphatic rings. The number of para-hydroxylation sites is 1. The second-order valence-electron chi connectivity index (χ2n) is 9.52. The first-order valence-electron chi connectivity index (χ1n) is 13.0. The van der Waals surface area contributed by atoms with E-state index in [2.05, 4.69) is 29.7 Å². The van der Waals surface area contributed by atoms with Gasteiger partial charge in [-0.05, 0) is 43.3 Å². The van der Waals surface area contributed by atoms with E-state index in [1.807, 2.05) is 29.2 Å². The number of alkyl halides is 3. The zero-order valence-electron chi connectivity index (χ0n) is 22.6. The van der Waals surface area contributed by atoms with Gasteiger partial charge in [-0.25, -0.2) is 15.0 Å². The molecule has 0 aliphatic carbocycles. The molecule has 9 nitrogen and oxygen atoms in total. The number of nitrogens with zero attached hydrogens (tertiary/aromatic N) is 6. The number of fused-ring (bicyclic) bond motifs is 3. The van der Waals surface area contributed by atoms with Crippen molar-refractivity contribution in [2.75, 3.05) is 63.1 Å². The number of aliphatic hydroxyl groups is 1. The summed E-state index contributed by atoms with van der Waals surface area (Å²) < 4.78 is 39.9. The molecule has 0 bridgehead atoms. The van der Waals surface area contributed by atoms with Gasteiger partial charge in [0.15, 0.2) is 11.5 Å². The fraction of sp³-hybridized carbons (Fsp3) is 0.370. The Morgan fingerprint density at radius 3 is 2.26 bits per heavy atom. The highest BCUT2D eigenvalue weighted by Crippen LogP contribution is 2.49.